The molecule has 1 aromatic heterocycles. The Labute approximate surface area is 152 Å². The van der Waals surface area contributed by atoms with Gasteiger partial charge in [-0.1, -0.05) is 62.4 Å². The average Bonchev–Trinajstić information content (AvgIpc) is 2.59. The van der Waals surface area contributed by atoms with E-state index in [2.05, 4.69) is 34.3 Å². The van der Waals surface area contributed by atoms with Crippen LogP contribution in [0.3, 0.4) is 0 Å². The van der Waals surface area contributed by atoms with Crippen LogP contribution in [0.2, 0.25) is 0 Å². The number of carbonyl (C=O) groups is 1. The molecule has 1 heterocycles. The number of hydrogen-bond donors (Lipinski definition) is 2. The van der Waals surface area contributed by atoms with Gasteiger partial charge in [0.1, 0.15) is 0 Å². The molecule has 2 atom stereocenters. The summed E-state index contributed by atoms with van der Waals surface area (Å²) < 4.78 is 0. The lowest BCUT2D eigenvalue weighted by atomic mass is 10.0. The van der Waals surface area contributed by atoms with Crippen LogP contribution < -0.4 is 10.9 Å². The standard InChI is InChI=1S/C19H25N3O2S/c1-4-8-16-11-17(23)22-19(21-16)25-14(3)18(24)20-12-13(2)15-9-6-5-7-10-15/h5-7,9-11,13-14H,4,8,12H2,1-3H3,(H,20,24)(H,21,22,23). The van der Waals surface area contributed by atoms with Gasteiger partial charge in [-0.25, -0.2) is 4.98 Å². The van der Waals surface area contributed by atoms with Gasteiger partial charge in [-0.05, 0) is 24.8 Å². The van der Waals surface area contributed by atoms with Crippen LogP contribution in [0.1, 0.15) is 44.4 Å². The van der Waals surface area contributed by atoms with Gasteiger partial charge in [-0.2, -0.15) is 0 Å². The maximum absolute atomic E-state index is 12.3. The van der Waals surface area contributed by atoms with Gasteiger partial charge in [0, 0.05) is 18.3 Å². The van der Waals surface area contributed by atoms with Crippen LogP contribution in [0.5, 0.6) is 0 Å². The third kappa shape index (κ3) is 6.05. The van der Waals surface area contributed by atoms with Gasteiger partial charge in [0.15, 0.2) is 5.16 Å². The molecule has 1 aromatic carbocycles. The highest BCUT2D eigenvalue weighted by Crippen LogP contribution is 2.19. The molecule has 0 bridgehead atoms. The zero-order valence-corrected chi connectivity index (χ0v) is 15.7. The van der Waals surface area contributed by atoms with E-state index in [0.29, 0.717) is 11.7 Å². The maximum Gasteiger partial charge on any atom is 0.251 e. The lowest BCUT2D eigenvalue weighted by molar-refractivity contribution is -0.120. The van der Waals surface area contributed by atoms with Gasteiger partial charge < -0.3 is 10.3 Å². The zero-order chi connectivity index (χ0) is 18.2. The van der Waals surface area contributed by atoms with E-state index in [1.807, 2.05) is 32.0 Å². The first kappa shape index (κ1) is 19.2. The molecule has 0 aliphatic heterocycles. The molecule has 0 spiro atoms. The molecule has 2 unspecified atom stereocenters. The Balaban J connectivity index is 1.91. The number of aromatic nitrogens is 2. The Morgan fingerprint density at radius 1 is 1.28 bits per heavy atom. The second-order valence-electron chi connectivity index (χ2n) is 6.11. The topological polar surface area (TPSA) is 74.8 Å². The summed E-state index contributed by atoms with van der Waals surface area (Å²) in [5, 5.41) is 3.14. The molecule has 134 valence electrons. The van der Waals surface area contributed by atoms with E-state index in [0.717, 1.165) is 18.5 Å². The summed E-state index contributed by atoms with van der Waals surface area (Å²) in [4.78, 5) is 31.1. The number of aromatic amines is 1. The monoisotopic (exact) mass is 359 g/mol. The SMILES string of the molecule is CCCc1cc(=O)[nH]c(SC(C)C(=O)NCC(C)c2ccccc2)n1. The van der Waals surface area contributed by atoms with Crippen molar-refractivity contribution in [3.8, 4) is 0 Å². The number of amides is 1. The molecule has 5 nitrogen and oxygen atoms in total. The van der Waals surface area contributed by atoms with Crippen LogP contribution in [0, 0.1) is 0 Å². The van der Waals surface area contributed by atoms with Crippen LogP contribution in [-0.4, -0.2) is 27.7 Å². The molecule has 2 aromatic rings. The number of hydrogen-bond acceptors (Lipinski definition) is 4. The highest BCUT2D eigenvalue weighted by Gasteiger charge is 2.17. The summed E-state index contributed by atoms with van der Waals surface area (Å²) in [5.41, 5.74) is 1.78. The molecule has 0 radical (unpaired) electrons. The summed E-state index contributed by atoms with van der Waals surface area (Å²) in [7, 11) is 0. The summed E-state index contributed by atoms with van der Waals surface area (Å²) in [6.07, 6.45) is 1.68. The molecule has 6 heteroatoms. The van der Waals surface area contributed by atoms with Gasteiger partial charge in [-0.3, -0.25) is 9.59 Å². The van der Waals surface area contributed by atoms with Crippen molar-refractivity contribution in [2.75, 3.05) is 6.54 Å². The zero-order valence-electron chi connectivity index (χ0n) is 14.9. The highest BCUT2D eigenvalue weighted by atomic mass is 32.2. The van der Waals surface area contributed by atoms with Gasteiger partial charge in [0.25, 0.3) is 5.56 Å². The van der Waals surface area contributed by atoms with E-state index >= 15 is 0 Å². The minimum absolute atomic E-state index is 0.0590. The van der Waals surface area contributed by atoms with Gasteiger partial charge in [-0.15, -0.1) is 0 Å². The number of H-pyrrole nitrogens is 1. The third-order valence-corrected chi connectivity index (χ3v) is 4.87. The van der Waals surface area contributed by atoms with E-state index in [4.69, 9.17) is 0 Å². The van der Waals surface area contributed by atoms with E-state index < -0.39 is 0 Å². The van der Waals surface area contributed by atoms with Crippen molar-refractivity contribution in [3.63, 3.8) is 0 Å². The number of carbonyl (C=O) groups excluding carboxylic acids is 1. The first-order valence-corrected chi connectivity index (χ1v) is 9.47. The largest absolute Gasteiger partial charge is 0.355 e. The minimum Gasteiger partial charge on any atom is -0.355 e. The quantitative estimate of drug-likeness (QED) is 0.561. The fourth-order valence-corrected chi connectivity index (χ4v) is 3.30. The fourth-order valence-electron chi connectivity index (χ4n) is 2.44. The van der Waals surface area contributed by atoms with Gasteiger partial charge >= 0.3 is 0 Å². The first-order chi connectivity index (χ1) is 12.0. The summed E-state index contributed by atoms with van der Waals surface area (Å²) >= 11 is 1.27. The Bertz CT molecular complexity index is 746. The number of nitrogens with one attached hydrogen (secondary N) is 2. The van der Waals surface area contributed by atoms with Crippen molar-refractivity contribution >= 4 is 17.7 Å². The van der Waals surface area contributed by atoms with Crippen LogP contribution in [0.4, 0.5) is 0 Å². The minimum atomic E-state index is -0.331. The van der Waals surface area contributed by atoms with Crippen molar-refractivity contribution in [1.29, 1.82) is 0 Å². The fraction of sp³-hybridized carbons (Fsp3) is 0.421. The van der Waals surface area contributed by atoms with E-state index in [-0.39, 0.29) is 22.6 Å². The average molecular weight is 359 g/mol. The van der Waals surface area contributed by atoms with Crippen molar-refractivity contribution in [3.05, 3.63) is 58.0 Å². The molecule has 2 rings (SSSR count). The Hall–Kier alpha value is -2.08. The van der Waals surface area contributed by atoms with Gasteiger partial charge in [0.2, 0.25) is 5.91 Å². The Morgan fingerprint density at radius 3 is 2.68 bits per heavy atom. The number of benzene rings is 1. The van der Waals surface area contributed by atoms with E-state index in [1.165, 1.54) is 23.4 Å². The Morgan fingerprint density at radius 2 is 2.00 bits per heavy atom. The van der Waals surface area contributed by atoms with E-state index in [1.54, 1.807) is 0 Å². The summed E-state index contributed by atoms with van der Waals surface area (Å²) in [6, 6.07) is 11.6. The van der Waals surface area contributed by atoms with Crippen molar-refractivity contribution < 1.29 is 4.79 Å². The van der Waals surface area contributed by atoms with Crippen LogP contribution >= 0.6 is 11.8 Å². The van der Waals surface area contributed by atoms with Crippen LogP contribution in [0.15, 0.2) is 46.3 Å². The maximum atomic E-state index is 12.3. The Kier molecular flexibility index (Phi) is 7.25. The van der Waals surface area contributed by atoms with E-state index in [9.17, 15) is 9.59 Å². The number of rotatable bonds is 8. The molecule has 25 heavy (non-hydrogen) atoms. The van der Waals surface area contributed by atoms with Crippen LogP contribution in [-0.2, 0) is 11.2 Å². The molecule has 0 aliphatic rings. The van der Waals surface area contributed by atoms with Crippen molar-refractivity contribution in [2.24, 2.45) is 0 Å². The number of aryl methyl sites for hydroxylation is 1. The van der Waals surface area contributed by atoms with Crippen molar-refractivity contribution in [2.45, 2.75) is 49.9 Å². The molecular formula is C19H25N3O2S. The molecule has 0 saturated carbocycles. The summed E-state index contributed by atoms with van der Waals surface area (Å²) in [6.45, 7) is 6.52. The molecule has 0 saturated heterocycles. The highest BCUT2D eigenvalue weighted by molar-refractivity contribution is 8.00. The predicted molar refractivity (Wildman–Crippen MR) is 102 cm³/mol. The molecular weight excluding hydrogens is 334 g/mol. The number of nitrogens with zero attached hydrogens (tertiary/aromatic N) is 1. The smallest absolute Gasteiger partial charge is 0.251 e. The van der Waals surface area contributed by atoms with Crippen molar-refractivity contribution in [1.82, 2.24) is 15.3 Å². The predicted octanol–water partition coefficient (Wildman–Crippen LogP) is 3.12. The number of thioether (sulfide) groups is 1. The lowest BCUT2D eigenvalue weighted by Gasteiger charge is -2.16. The summed E-state index contributed by atoms with van der Waals surface area (Å²) in [5.74, 6) is 0.185. The molecule has 1 amide bonds. The normalized spacial score (nSPS) is 13.2. The second kappa shape index (κ2) is 9.42. The van der Waals surface area contributed by atoms with Gasteiger partial charge in [0.05, 0.1) is 5.25 Å². The molecule has 2 N–H and O–H groups in total. The van der Waals surface area contributed by atoms with Crippen LogP contribution in [0.25, 0.3) is 0 Å². The first-order valence-electron chi connectivity index (χ1n) is 8.59. The molecule has 0 aliphatic carbocycles. The lowest BCUT2D eigenvalue weighted by Crippen LogP contribution is -2.33. The second-order valence-corrected chi connectivity index (χ2v) is 7.44. The third-order valence-electron chi connectivity index (χ3n) is 3.89. The molecule has 0 fully saturated rings.